The molecule has 0 aromatic rings. The van der Waals surface area contributed by atoms with Gasteiger partial charge in [-0.05, 0) is 49.4 Å². The van der Waals surface area contributed by atoms with Crippen molar-refractivity contribution in [2.75, 3.05) is 0 Å². The van der Waals surface area contributed by atoms with Gasteiger partial charge in [-0.15, -0.1) is 0 Å². The van der Waals surface area contributed by atoms with Gasteiger partial charge in [-0.1, -0.05) is 20.3 Å². The Morgan fingerprint density at radius 2 is 1.79 bits per heavy atom. The lowest BCUT2D eigenvalue weighted by atomic mass is 9.56. The highest BCUT2D eigenvalue weighted by Gasteiger charge is 2.47. The summed E-state index contributed by atoms with van der Waals surface area (Å²) >= 11 is 0. The van der Waals surface area contributed by atoms with Crippen LogP contribution in [0.2, 0.25) is 0 Å². The summed E-state index contributed by atoms with van der Waals surface area (Å²) in [5.41, 5.74) is 0. The number of carboxylic acids is 2. The molecule has 0 radical (unpaired) electrons. The molecule has 4 nitrogen and oxygen atoms in total. The van der Waals surface area contributed by atoms with E-state index in [1.165, 1.54) is 0 Å². The van der Waals surface area contributed by atoms with Gasteiger partial charge in [0.25, 0.3) is 0 Å². The molecule has 0 aromatic heterocycles. The van der Waals surface area contributed by atoms with Crippen LogP contribution in [0.4, 0.5) is 0 Å². The lowest BCUT2D eigenvalue weighted by Gasteiger charge is -2.48. The Morgan fingerprint density at radius 1 is 1.11 bits per heavy atom. The Balaban J connectivity index is 2.17. The second-order valence-corrected chi connectivity index (χ2v) is 6.38. The van der Waals surface area contributed by atoms with Crippen LogP contribution in [-0.2, 0) is 9.59 Å². The molecular weight excluding hydrogens is 244 g/mol. The average molecular weight is 268 g/mol. The van der Waals surface area contributed by atoms with Gasteiger partial charge in [0.05, 0.1) is 11.8 Å². The predicted molar refractivity (Wildman–Crippen MR) is 70.6 cm³/mol. The van der Waals surface area contributed by atoms with Crippen molar-refractivity contribution in [3.8, 4) is 0 Å². The first-order chi connectivity index (χ1) is 8.95. The molecule has 0 aromatic carbocycles. The zero-order valence-electron chi connectivity index (χ0n) is 11.7. The van der Waals surface area contributed by atoms with Gasteiger partial charge < -0.3 is 10.2 Å². The van der Waals surface area contributed by atoms with Crippen molar-refractivity contribution < 1.29 is 19.8 Å². The Hall–Kier alpha value is -1.06. The zero-order chi connectivity index (χ0) is 14.2. The third kappa shape index (κ3) is 2.63. The molecule has 2 aliphatic carbocycles. The third-order valence-corrected chi connectivity index (χ3v) is 5.60. The van der Waals surface area contributed by atoms with E-state index in [4.69, 9.17) is 0 Å². The standard InChI is InChI=1S/C15H24O4/c1-3-11-8(2)12(15(18)19)6-9-4-5-10(14(16)17)7-13(9)11/h8-13H,3-7H2,1-2H3,(H,16,17)(H,18,19). The molecule has 19 heavy (non-hydrogen) atoms. The van der Waals surface area contributed by atoms with Crippen molar-refractivity contribution in [3.63, 3.8) is 0 Å². The number of rotatable bonds is 3. The highest BCUT2D eigenvalue weighted by molar-refractivity contribution is 5.71. The molecule has 2 rings (SSSR count). The van der Waals surface area contributed by atoms with Crippen molar-refractivity contribution in [1.29, 1.82) is 0 Å². The van der Waals surface area contributed by atoms with E-state index in [2.05, 4.69) is 6.92 Å². The molecule has 2 saturated carbocycles. The van der Waals surface area contributed by atoms with Crippen molar-refractivity contribution in [3.05, 3.63) is 0 Å². The molecule has 0 amide bonds. The van der Waals surface area contributed by atoms with Crippen LogP contribution >= 0.6 is 0 Å². The maximum atomic E-state index is 11.4. The van der Waals surface area contributed by atoms with Gasteiger partial charge in [0, 0.05) is 0 Å². The van der Waals surface area contributed by atoms with Crippen molar-refractivity contribution in [2.45, 2.75) is 46.0 Å². The summed E-state index contributed by atoms with van der Waals surface area (Å²) in [6.07, 6.45) is 4.04. The van der Waals surface area contributed by atoms with Gasteiger partial charge >= 0.3 is 11.9 Å². The summed E-state index contributed by atoms with van der Waals surface area (Å²) < 4.78 is 0. The van der Waals surface area contributed by atoms with Crippen molar-refractivity contribution in [1.82, 2.24) is 0 Å². The summed E-state index contributed by atoms with van der Waals surface area (Å²) in [6.45, 7) is 4.14. The van der Waals surface area contributed by atoms with Crippen molar-refractivity contribution >= 4 is 11.9 Å². The first kappa shape index (κ1) is 14.4. The summed E-state index contributed by atoms with van der Waals surface area (Å²) in [5.74, 6) is -0.468. The van der Waals surface area contributed by atoms with Crippen LogP contribution in [0.15, 0.2) is 0 Å². The fourth-order valence-electron chi connectivity index (χ4n) is 4.54. The molecule has 0 spiro atoms. The van der Waals surface area contributed by atoms with Crippen LogP contribution in [0.1, 0.15) is 46.0 Å². The van der Waals surface area contributed by atoms with Crippen LogP contribution in [-0.4, -0.2) is 22.2 Å². The molecule has 2 fully saturated rings. The topological polar surface area (TPSA) is 74.6 Å². The van der Waals surface area contributed by atoms with Crippen molar-refractivity contribution in [2.24, 2.45) is 35.5 Å². The lowest BCUT2D eigenvalue weighted by molar-refractivity contribution is -0.153. The molecule has 2 aliphatic rings. The van der Waals surface area contributed by atoms with Gasteiger partial charge in [-0.25, -0.2) is 0 Å². The first-order valence-corrected chi connectivity index (χ1v) is 7.41. The highest BCUT2D eigenvalue weighted by Crippen LogP contribution is 2.51. The van der Waals surface area contributed by atoms with Crippen LogP contribution in [0.3, 0.4) is 0 Å². The summed E-state index contributed by atoms with van der Waals surface area (Å²) in [5, 5.41) is 18.6. The summed E-state index contributed by atoms with van der Waals surface area (Å²) in [6, 6.07) is 0. The van der Waals surface area contributed by atoms with E-state index in [0.717, 1.165) is 25.7 Å². The lowest BCUT2D eigenvalue weighted by Crippen LogP contribution is -2.45. The minimum Gasteiger partial charge on any atom is -0.481 e. The average Bonchev–Trinajstić information content (AvgIpc) is 2.37. The normalized spacial score (nSPS) is 42.4. The predicted octanol–water partition coefficient (Wildman–Crippen LogP) is 2.87. The van der Waals surface area contributed by atoms with Gasteiger partial charge in [0.2, 0.25) is 0 Å². The Kier molecular flexibility index (Phi) is 4.16. The van der Waals surface area contributed by atoms with Gasteiger partial charge in [-0.2, -0.15) is 0 Å². The maximum Gasteiger partial charge on any atom is 0.306 e. The summed E-state index contributed by atoms with van der Waals surface area (Å²) in [4.78, 5) is 22.6. The second-order valence-electron chi connectivity index (χ2n) is 6.38. The quantitative estimate of drug-likeness (QED) is 0.825. The fourth-order valence-corrected chi connectivity index (χ4v) is 4.54. The Bertz CT molecular complexity index is 365. The van der Waals surface area contributed by atoms with E-state index in [9.17, 15) is 19.8 Å². The van der Waals surface area contributed by atoms with Gasteiger partial charge in [0.15, 0.2) is 0 Å². The Morgan fingerprint density at radius 3 is 2.32 bits per heavy atom. The second kappa shape index (κ2) is 5.51. The number of fused-ring (bicyclic) bond motifs is 1. The molecule has 0 aliphatic heterocycles. The largest absolute Gasteiger partial charge is 0.481 e. The third-order valence-electron chi connectivity index (χ3n) is 5.60. The molecule has 4 heteroatoms. The SMILES string of the molecule is CCC1C(C)C(C(=O)O)CC2CCC(C(=O)O)CC21. The number of aliphatic carboxylic acids is 2. The minimum absolute atomic E-state index is 0.163. The number of carboxylic acid groups (broad SMARTS) is 2. The smallest absolute Gasteiger partial charge is 0.306 e. The molecule has 6 unspecified atom stereocenters. The van der Waals surface area contributed by atoms with Crippen LogP contribution in [0.25, 0.3) is 0 Å². The number of hydrogen-bond acceptors (Lipinski definition) is 2. The molecule has 6 atom stereocenters. The fraction of sp³-hybridized carbons (Fsp3) is 0.867. The van der Waals surface area contributed by atoms with E-state index in [1.807, 2.05) is 6.92 Å². The van der Waals surface area contributed by atoms with E-state index < -0.39 is 11.9 Å². The number of carbonyl (C=O) groups is 2. The van der Waals surface area contributed by atoms with Crippen LogP contribution < -0.4 is 0 Å². The van der Waals surface area contributed by atoms with Gasteiger partial charge in [-0.3, -0.25) is 9.59 Å². The molecule has 0 heterocycles. The molecule has 0 saturated heterocycles. The number of hydrogen-bond donors (Lipinski definition) is 2. The van der Waals surface area contributed by atoms with E-state index in [0.29, 0.717) is 24.2 Å². The highest BCUT2D eigenvalue weighted by atomic mass is 16.4. The van der Waals surface area contributed by atoms with E-state index in [1.54, 1.807) is 0 Å². The molecule has 2 N–H and O–H groups in total. The zero-order valence-corrected chi connectivity index (χ0v) is 11.7. The summed E-state index contributed by atoms with van der Waals surface area (Å²) in [7, 11) is 0. The van der Waals surface area contributed by atoms with Crippen LogP contribution in [0, 0.1) is 35.5 Å². The molecule has 108 valence electrons. The minimum atomic E-state index is -0.679. The monoisotopic (exact) mass is 268 g/mol. The Labute approximate surface area is 114 Å². The van der Waals surface area contributed by atoms with Crippen LogP contribution in [0.5, 0.6) is 0 Å². The van der Waals surface area contributed by atoms with E-state index in [-0.39, 0.29) is 17.8 Å². The first-order valence-electron chi connectivity index (χ1n) is 7.41. The maximum absolute atomic E-state index is 11.4. The molecular formula is C15H24O4. The van der Waals surface area contributed by atoms with E-state index >= 15 is 0 Å². The molecule has 0 bridgehead atoms. The van der Waals surface area contributed by atoms with Gasteiger partial charge in [0.1, 0.15) is 0 Å².